The highest BCUT2D eigenvalue weighted by molar-refractivity contribution is 5.95. The lowest BCUT2D eigenvalue weighted by atomic mass is 9.92. The highest BCUT2D eigenvalue weighted by Gasteiger charge is 2.35. The van der Waals surface area contributed by atoms with Gasteiger partial charge < -0.3 is 19.3 Å². The highest BCUT2D eigenvalue weighted by atomic mass is 16.5. The molecule has 0 saturated carbocycles. The van der Waals surface area contributed by atoms with E-state index in [0.717, 1.165) is 43.5 Å². The molecular formula is C35H43N3O4. The molecule has 2 bridgehead atoms. The molecule has 1 fully saturated rings. The van der Waals surface area contributed by atoms with Crippen LogP contribution in [0.4, 0.5) is 5.69 Å². The minimum atomic E-state index is -0.130. The average Bonchev–Trinajstić information content (AvgIpc) is 3.02. The average molecular weight is 570 g/mol. The molecule has 2 heterocycles. The summed E-state index contributed by atoms with van der Waals surface area (Å²) in [6, 6.07) is 26.5. The van der Waals surface area contributed by atoms with Crippen molar-refractivity contribution in [3.8, 4) is 11.5 Å². The van der Waals surface area contributed by atoms with E-state index < -0.39 is 0 Å². The van der Waals surface area contributed by atoms with Crippen LogP contribution >= 0.6 is 0 Å². The second-order valence-electron chi connectivity index (χ2n) is 11.7. The first kappa shape index (κ1) is 29.6. The van der Waals surface area contributed by atoms with E-state index in [-0.39, 0.29) is 30.4 Å². The fraction of sp³-hybridized carbons (Fsp3) is 0.429. The Morgan fingerprint density at radius 3 is 2.31 bits per heavy atom. The number of hydrogen-bond acceptors (Lipinski definition) is 5. The van der Waals surface area contributed by atoms with Gasteiger partial charge >= 0.3 is 0 Å². The van der Waals surface area contributed by atoms with Crippen LogP contribution in [-0.2, 0) is 22.7 Å². The number of amides is 2. The standard InChI is InChI=1S/C35H43N3O4/c1-26(2)35(40)37-21-20-29-15-11-16-30(38(29)22-27-12-5-4-6-13-27)24-36(23-28-14-7-8-17-31(28)37)34(39)25-42-33-19-10-9-18-32(33)41-3/h4-10,12-14,17-19,26,29-30H,11,15-16,20-25H2,1-3H3. The van der Waals surface area contributed by atoms with Gasteiger partial charge in [0.2, 0.25) is 5.91 Å². The SMILES string of the molecule is COc1ccccc1OCC(=O)N1Cc2ccccc2N(C(=O)C(C)C)CCC2CCCC(C1)N2Cc1ccccc1. The second-order valence-corrected chi connectivity index (χ2v) is 11.7. The Labute approximate surface area is 250 Å². The summed E-state index contributed by atoms with van der Waals surface area (Å²) in [6.07, 6.45) is 4.10. The Bertz CT molecular complexity index is 1340. The zero-order valence-electron chi connectivity index (χ0n) is 25.1. The first-order chi connectivity index (χ1) is 20.4. The molecule has 3 aromatic rings. The van der Waals surface area contributed by atoms with E-state index in [9.17, 15) is 9.59 Å². The lowest BCUT2D eigenvalue weighted by Gasteiger charge is -2.44. The highest BCUT2D eigenvalue weighted by Crippen LogP contribution is 2.32. The van der Waals surface area contributed by atoms with Gasteiger partial charge in [0.1, 0.15) is 0 Å². The van der Waals surface area contributed by atoms with E-state index in [4.69, 9.17) is 9.47 Å². The number of carbonyl (C=O) groups excluding carboxylic acids is 2. The van der Waals surface area contributed by atoms with Gasteiger partial charge in [-0.05, 0) is 48.6 Å². The molecule has 0 radical (unpaired) electrons. The third kappa shape index (κ3) is 6.96. The molecule has 42 heavy (non-hydrogen) atoms. The van der Waals surface area contributed by atoms with Gasteiger partial charge in [-0.1, -0.05) is 80.9 Å². The van der Waals surface area contributed by atoms with Crippen molar-refractivity contribution in [2.45, 2.75) is 64.7 Å². The smallest absolute Gasteiger partial charge is 0.260 e. The molecule has 2 atom stereocenters. The van der Waals surface area contributed by atoms with Crippen molar-refractivity contribution in [3.05, 3.63) is 90.0 Å². The maximum atomic E-state index is 13.9. The maximum Gasteiger partial charge on any atom is 0.260 e. The molecule has 5 rings (SSSR count). The van der Waals surface area contributed by atoms with Crippen molar-refractivity contribution in [1.29, 1.82) is 0 Å². The summed E-state index contributed by atoms with van der Waals surface area (Å²) in [4.78, 5) is 34.0. The van der Waals surface area contributed by atoms with Crippen LogP contribution in [0.25, 0.3) is 0 Å². The van der Waals surface area contributed by atoms with Gasteiger partial charge in [0.25, 0.3) is 5.91 Å². The van der Waals surface area contributed by atoms with Crippen LogP contribution in [0.1, 0.15) is 50.7 Å². The number of nitrogens with zero attached hydrogens (tertiary/aromatic N) is 3. The summed E-state index contributed by atoms with van der Waals surface area (Å²) in [5.74, 6) is 1.04. The van der Waals surface area contributed by atoms with Crippen LogP contribution in [0.15, 0.2) is 78.9 Å². The first-order valence-corrected chi connectivity index (χ1v) is 15.2. The van der Waals surface area contributed by atoms with Crippen LogP contribution in [0.2, 0.25) is 0 Å². The van der Waals surface area contributed by atoms with E-state index >= 15 is 0 Å². The molecular weight excluding hydrogens is 526 g/mol. The number of carbonyl (C=O) groups is 2. The predicted octanol–water partition coefficient (Wildman–Crippen LogP) is 5.92. The monoisotopic (exact) mass is 569 g/mol. The van der Waals surface area contributed by atoms with E-state index in [0.29, 0.717) is 37.2 Å². The van der Waals surface area contributed by atoms with Crippen molar-refractivity contribution in [1.82, 2.24) is 9.80 Å². The molecule has 0 aliphatic carbocycles. The quantitative estimate of drug-likeness (QED) is 0.354. The summed E-state index contributed by atoms with van der Waals surface area (Å²) in [6.45, 7) is 6.31. The Morgan fingerprint density at radius 1 is 0.857 bits per heavy atom. The molecule has 2 aliphatic heterocycles. The minimum Gasteiger partial charge on any atom is -0.493 e. The van der Waals surface area contributed by atoms with Gasteiger partial charge in [-0.3, -0.25) is 14.5 Å². The van der Waals surface area contributed by atoms with Crippen molar-refractivity contribution >= 4 is 17.5 Å². The van der Waals surface area contributed by atoms with Gasteiger partial charge in [0, 0.05) is 49.9 Å². The van der Waals surface area contributed by atoms with Crippen LogP contribution in [-0.4, -0.2) is 60.5 Å². The first-order valence-electron chi connectivity index (χ1n) is 15.2. The van der Waals surface area contributed by atoms with Crippen molar-refractivity contribution < 1.29 is 19.1 Å². The third-order valence-electron chi connectivity index (χ3n) is 8.51. The molecule has 0 spiro atoms. The van der Waals surface area contributed by atoms with Crippen LogP contribution in [0.3, 0.4) is 0 Å². The normalized spacial score (nSPS) is 19.5. The molecule has 7 heteroatoms. The molecule has 2 aliphatic rings. The largest absolute Gasteiger partial charge is 0.493 e. The van der Waals surface area contributed by atoms with Gasteiger partial charge in [-0.25, -0.2) is 0 Å². The van der Waals surface area contributed by atoms with E-state index in [1.807, 2.05) is 78.2 Å². The number of para-hydroxylation sites is 3. The van der Waals surface area contributed by atoms with E-state index in [1.54, 1.807) is 7.11 Å². The van der Waals surface area contributed by atoms with Gasteiger partial charge in [0.15, 0.2) is 18.1 Å². The lowest BCUT2D eigenvalue weighted by molar-refractivity contribution is -0.135. The van der Waals surface area contributed by atoms with Crippen molar-refractivity contribution in [2.24, 2.45) is 5.92 Å². The number of piperidine rings is 1. The summed E-state index contributed by atoms with van der Waals surface area (Å²) >= 11 is 0. The van der Waals surface area contributed by atoms with E-state index in [1.165, 1.54) is 5.56 Å². The maximum absolute atomic E-state index is 13.9. The molecule has 0 N–H and O–H groups in total. The molecule has 0 aromatic heterocycles. The molecule has 7 nitrogen and oxygen atoms in total. The molecule has 3 aromatic carbocycles. The van der Waals surface area contributed by atoms with Gasteiger partial charge in [-0.2, -0.15) is 0 Å². The molecule has 2 unspecified atom stereocenters. The zero-order valence-corrected chi connectivity index (χ0v) is 25.1. The van der Waals surface area contributed by atoms with Crippen LogP contribution < -0.4 is 14.4 Å². The Kier molecular flexibility index (Phi) is 9.80. The summed E-state index contributed by atoms with van der Waals surface area (Å²) in [5, 5.41) is 0. The van der Waals surface area contributed by atoms with Crippen LogP contribution in [0.5, 0.6) is 11.5 Å². The van der Waals surface area contributed by atoms with Crippen molar-refractivity contribution in [3.63, 3.8) is 0 Å². The topological polar surface area (TPSA) is 62.3 Å². The number of rotatable bonds is 7. The number of benzene rings is 3. The summed E-state index contributed by atoms with van der Waals surface area (Å²) < 4.78 is 11.4. The predicted molar refractivity (Wildman–Crippen MR) is 166 cm³/mol. The van der Waals surface area contributed by atoms with E-state index in [2.05, 4.69) is 29.2 Å². The number of anilines is 1. The fourth-order valence-electron chi connectivity index (χ4n) is 6.31. The number of methoxy groups -OCH3 is 1. The summed E-state index contributed by atoms with van der Waals surface area (Å²) in [5.41, 5.74) is 3.13. The molecule has 222 valence electrons. The fourth-order valence-corrected chi connectivity index (χ4v) is 6.31. The zero-order chi connectivity index (χ0) is 29.5. The molecule has 1 saturated heterocycles. The van der Waals surface area contributed by atoms with Gasteiger partial charge in [-0.15, -0.1) is 0 Å². The number of hydrogen-bond donors (Lipinski definition) is 0. The summed E-state index contributed by atoms with van der Waals surface area (Å²) in [7, 11) is 1.60. The second kappa shape index (κ2) is 13.9. The minimum absolute atomic E-state index is 0.0847. The Morgan fingerprint density at radius 2 is 1.55 bits per heavy atom. The van der Waals surface area contributed by atoms with Gasteiger partial charge in [0.05, 0.1) is 7.11 Å². The Hall–Kier alpha value is -3.84. The lowest BCUT2D eigenvalue weighted by Crippen LogP contribution is -2.52. The Balaban J connectivity index is 1.49. The number of fused-ring (bicyclic) bond motifs is 3. The third-order valence-corrected chi connectivity index (χ3v) is 8.51. The molecule has 2 amide bonds. The van der Waals surface area contributed by atoms with Crippen molar-refractivity contribution in [2.75, 3.05) is 31.7 Å². The number of ether oxygens (including phenoxy) is 2. The van der Waals surface area contributed by atoms with Crippen LogP contribution in [0, 0.1) is 5.92 Å².